The molecule has 0 bridgehead atoms. The van der Waals surface area contributed by atoms with Crippen molar-refractivity contribution in [3.63, 3.8) is 0 Å². The molecule has 2 aliphatic heterocycles. The van der Waals surface area contributed by atoms with Gasteiger partial charge >= 0.3 is 5.97 Å². The third kappa shape index (κ3) is 3.81. The third-order valence-corrected chi connectivity index (χ3v) is 7.08. The molecule has 0 fully saturated rings. The lowest BCUT2D eigenvalue weighted by Gasteiger charge is -2.24. The van der Waals surface area contributed by atoms with E-state index in [0.717, 1.165) is 15.6 Å². The van der Waals surface area contributed by atoms with E-state index in [1.807, 2.05) is 42.5 Å². The Bertz CT molecular complexity index is 1470. The molecule has 0 saturated carbocycles. The van der Waals surface area contributed by atoms with Crippen molar-refractivity contribution in [2.24, 2.45) is 4.99 Å². The number of halogens is 1. The summed E-state index contributed by atoms with van der Waals surface area (Å²) in [6.07, 6.45) is 1.79. The average molecular weight is 527 g/mol. The van der Waals surface area contributed by atoms with E-state index in [-0.39, 0.29) is 19.0 Å². The standard InChI is InChI=1S/C24H19BrN2O5S/c1-3-30-23(29)20-13(2)26-24-27(21(20)14-7-5-4-6-8-14)22(28)19(33-24)10-15-9-17-18(11-16(15)25)32-12-31-17/h4-11,21H,3,12H2,1-2H3/b19-10-. The highest BCUT2D eigenvalue weighted by Crippen LogP contribution is 2.37. The Labute approximate surface area is 201 Å². The number of hydrogen-bond acceptors (Lipinski definition) is 7. The van der Waals surface area contributed by atoms with Crippen LogP contribution < -0.4 is 24.4 Å². The van der Waals surface area contributed by atoms with Gasteiger partial charge in [0, 0.05) is 4.47 Å². The van der Waals surface area contributed by atoms with Gasteiger partial charge in [0.15, 0.2) is 16.3 Å². The third-order valence-electron chi connectivity index (χ3n) is 5.41. The Hall–Kier alpha value is -3.17. The predicted octanol–water partition coefficient (Wildman–Crippen LogP) is 3.29. The van der Waals surface area contributed by atoms with Gasteiger partial charge in [-0.15, -0.1) is 0 Å². The first-order valence-electron chi connectivity index (χ1n) is 10.3. The smallest absolute Gasteiger partial charge is 0.338 e. The van der Waals surface area contributed by atoms with E-state index in [9.17, 15) is 9.59 Å². The minimum Gasteiger partial charge on any atom is -0.463 e. The van der Waals surface area contributed by atoms with Crippen LogP contribution in [-0.2, 0) is 9.53 Å². The number of fused-ring (bicyclic) bond motifs is 2. The fourth-order valence-electron chi connectivity index (χ4n) is 3.93. The quantitative estimate of drug-likeness (QED) is 0.487. The molecule has 2 aromatic carbocycles. The Morgan fingerprint density at radius 1 is 1.27 bits per heavy atom. The molecule has 7 nitrogen and oxygen atoms in total. The van der Waals surface area contributed by atoms with Gasteiger partial charge in [0.2, 0.25) is 6.79 Å². The number of esters is 1. The number of rotatable bonds is 4. The molecule has 1 aromatic heterocycles. The van der Waals surface area contributed by atoms with E-state index in [2.05, 4.69) is 20.9 Å². The Morgan fingerprint density at radius 2 is 2.00 bits per heavy atom. The van der Waals surface area contributed by atoms with E-state index >= 15 is 0 Å². The molecule has 1 atom stereocenters. The molecule has 0 spiro atoms. The molecule has 1 unspecified atom stereocenters. The Morgan fingerprint density at radius 3 is 2.73 bits per heavy atom. The maximum absolute atomic E-state index is 13.6. The van der Waals surface area contributed by atoms with Crippen molar-refractivity contribution in [1.82, 2.24) is 4.57 Å². The summed E-state index contributed by atoms with van der Waals surface area (Å²) in [5, 5.41) is 0. The molecule has 0 aliphatic carbocycles. The summed E-state index contributed by atoms with van der Waals surface area (Å²) < 4.78 is 19.0. The molecule has 168 valence electrons. The number of thiazole rings is 1. The highest BCUT2D eigenvalue weighted by Gasteiger charge is 2.33. The topological polar surface area (TPSA) is 79.1 Å². The van der Waals surface area contributed by atoms with Gasteiger partial charge in [0.1, 0.15) is 0 Å². The second-order valence-corrected chi connectivity index (χ2v) is 9.30. The number of allylic oxidation sites excluding steroid dienone is 1. The molecule has 33 heavy (non-hydrogen) atoms. The van der Waals surface area contributed by atoms with Crippen LogP contribution in [0.5, 0.6) is 11.5 Å². The van der Waals surface area contributed by atoms with Gasteiger partial charge < -0.3 is 14.2 Å². The highest BCUT2D eigenvalue weighted by atomic mass is 79.9. The van der Waals surface area contributed by atoms with Crippen LogP contribution in [0.3, 0.4) is 0 Å². The summed E-state index contributed by atoms with van der Waals surface area (Å²) in [7, 11) is 0. The van der Waals surface area contributed by atoms with Crippen molar-refractivity contribution in [1.29, 1.82) is 0 Å². The van der Waals surface area contributed by atoms with Gasteiger partial charge in [0.05, 0.1) is 28.5 Å². The number of hydrogen-bond donors (Lipinski definition) is 0. The van der Waals surface area contributed by atoms with E-state index in [4.69, 9.17) is 14.2 Å². The molecule has 2 aliphatic rings. The molecule has 9 heteroatoms. The SMILES string of the molecule is CCOC(=O)C1=C(C)N=c2s/c(=C\c3cc4c(cc3Br)OCO4)c(=O)n2C1c1ccccc1. The van der Waals surface area contributed by atoms with Crippen LogP contribution in [0, 0.1) is 0 Å². The van der Waals surface area contributed by atoms with Crippen LogP contribution in [0.15, 0.2) is 68.0 Å². The van der Waals surface area contributed by atoms with Crippen molar-refractivity contribution in [2.45, 2.75) is 19.9 Å². The first-order chi connectivity index (χ1) is 16.0. The van der Waals surface area contributed by atoms with E-state index in [0.29, 0.717) is 32.1 Å². The number of aromatic nitrogens is 1. The zero-order valence-electron chi connectivity index (χ0n) is 17.8. The number of carbonyl (C=O) groups excluding carboxylic acids is 1. The minimum absolute atomic E-state index is 0.167. The van der Waals surface area contributed by atoms with Crippen molar-refractivity contribution < 1.29 is 19.0 Å². The second-order valence-electron chi connectivity index (χ2n) is 7.44. The van der Waals surface area contributed by atoms with Crippen LogP contribution in [-0.4, -0.2) is 23.9 Å². The van der Waals surface area contributed by atoms with Crippen molar-refractivity contribution in [2.75, 3.05) is 13.4 Å². The number of nitrogens with zero attached hydrogens (tertiary/aromatic N) is 2. The monoisotopic (exact) mass is 526 g/mol. The summed E-state index contributed by atoms with van der Waals surface area (Å²) in [6.45, 7) is 3.93. The minimum atomic E-state index is -0.621. The van der Waals surface area contributed by atoms with Gasteiger partial charge in [-0.05, 0) is 43.2 Å². The largest absolute Gasteiger partial charge is 0.463 e. The molecular formula is C24H19BrN2O5S. The second kappa shape index (κ2) is 8.64. The lowest BCUT2D eigenvalue weighted by Crippen LogP contribution is -2.39. The Kier molecular flexibility index (Phi) is 5.67. The van der Waals surface area contributed by atoms with Gasteiger partial charge in [-0.25, -0.2) is 9.79 Å². The van der Waals surface area contributed by atoms with Crippen LogP contribution >= 0.6 is 27.3 Å². The first kappa shape index (κ1) is 21.7. The fraction of sp³-hybridized carbons (Fsp3) is 0.208. The van der Waals surface area contributed by atoms with Gasteiger partial charge in [0.25, 0.3) is 5.56 Å². The van der Waals surface area contributed by atoms with Crippen molar-refractivity contribution >= 4 is 39.3 Å². The van der Waals surface area contributed by atoms with Gasteiger partial charge in [-0.2, -0.15) is 0 Å². The maximum Gasteiger partial charge on any atom is 0.338 e. The molecule has 0 radical (unpaired) electrons. The van der Waals surface area contributed by atoms with Crippen LogP contribution in [0.25, 0.3) is 6.08 Å². The van der Waals surface area contributed by atoms with Gasteiger partial charge in [-0.1, -0.05) is 57.6 Å². The lowest BCUT2D eigenvalue weighted by molar-refractivity contribution is -0.139. The van der Waals surface area contributed by atoms with Crippen molar-refractivity contribution in [3.8, 4) is 11.5 Å². The predicted molar refractivity (Wildman–Crippen MR) is 127 cm³/mol. The normalized spacial score (nSPS) is 17.1. The first-order valence-corrected chi connectivity index (χ1v) is 11.9. The van der Waals surface area contributed by atoms with Crippen LogP contribution in [0.4, 0.5) is 0 Å². The lowest BCUT2D eigenvalue weighted by atomic mass is 9.96. The van der Waals surface area contributed by atoms with E-state index in [1.165, 1.54) is 11.3 Å². The molecule has 3 aromatic rings. The maximum atomic E-state index is 13.6. The highest BCUT2D eigenvalue weighted by molar-refractivity contribution is 9.10. The summed E-state index contributed by atoms with van der Waals surface area (Å²) >= 11 is 4.82. The van der Waals surface area contributed by atoms with E-state index < -0.39 is 12.0 Å². The molecule has 5 rings (SSSR count). The summed E-state index contributed by atoms with van der Waals surface area (Å²) in [6, 6.07) is 12.5. The molecule has 3 heterocycles. The summed E-state index contributed by atoms with van der Waals surface area (Å²) in [5.74, 6) is 0.805. The number of benzene rings is 2. The van der Waals surface area contributed by atoms with E-state index in [1.54, 1.807) is 24.5 Å². The zero-order valence-corrected chi connectivity index (χ0v) is 20.2. The summed E-state index contributed by atoms with van der Waals surface area (Å²) in [4.78, 5) is 31.6. The number of ether oxygens (including phenoxy) is 3. The fourth-order valence-corrected chi connectivity index (χ4v) is 5.40. The average Bonchev–Trinajstić information content (AvgIpc) is 3.37. The van der Waals surface area contributed by atoms with Gasteiger partial charge in [-0.3, -0.25) is 9.36 Å². The molecular weight excluding hydrogens is 508 g/mol. The zero-order chi connectivity index (χ0) is 23.1. The van der Waals surface area contributed by atoms with Crippen molar-refractivity contribution in [3.05, 3.63) is 89.0 Å². The molecule has 0 saturated heterocycles. The van der Waals surface area contributed by atoms with Crippen LogP contribution in [0.2, 0.25) is 0 Å². The molecule has 0 amide bonds. The Balaban J connectivity index is 1.71. The molecule has 0 N–H and O–H groups in total. The van der Waals surface area contributed by atoms with Crippen LogP contribution in [0.1, 0.15) is 31.0 Å². The summed E-state index contributed by atoms with van der Waals surface area (Å²) in [5.41, 5.74) is 2.27. The number of carbonyl (C=O) groups is 1.